The molecule has 1 aromatic rings. The van der Waals surface area contributed by atoms with Crippen LogP contribution >= 0.6 is 27.5 Å². The van der Waals surface area contributed by atoms with Gasteiger partial charge in [0.15, 0.2) is 0 Å². The number of rotatable bonds is 1. The Balaban J connectivity index is 2.23. The summed E-state index contributed by atoms with van der Waals surface area (Å²) < 4.78 is 6.44. The minimum Gasteiger partial charge on any atom is -0.444 e. The van der Waals surface area contributed by atoms with Gasteiger partial charge in [-0.05, 0) is 57.4 Å². The van der Waals surface area contributed by atoms with Crippen LogP contribution in [-0.2, 0) is 4.74 Å². The molecule has 1 aliphatic heterocycles. The van der Waals surface area contributed by atoms with Gasteiger partial charge in [0.2, 0.25) is 0 Å². The Kier molecular flexibility index (Phi) is 4.65. The van der Waals surface area contributed by atoms with Crippen LogP contribution in [0, 0.1) is 0 Å². The summed E-state index contributed by atoms with van der Waals surface area (Å²) in [5.74, 6) is 0. The number of halogens is 2. The molecule has 2 rings (SSSR count). The highest BCUT2D eigenvalue weighted by atomic mass is 79.9. The quantitative estimate of drug-likeness (QED) is 0.691. The van der Waals surface area contributed by atoms with Gasteiger partial charge in [-0.25, -0.2) is 4.79 Å². The van der Waals surface area contributed by atoms with Gasteiger partial charge in [-0.1, -0.05) is 27.5 Å². The lowest BCUT2D eigenvalue weighted by molar-refractivity contribution is 0.0224. The molecule has 1 unspecified atom stereocenters. The molecule has 1 atom stereocenters. The summed E-state index contributed by atoms with van der Waals surface area (Å²) >= 11 is 9.74. The summed E-state index contributed by atoms with van der Waals surface area (Å²) in [5.41, 5.74) is 0.495. The molecule has 0 radical (unpaired) electrons. The van der Waals surface area contributed by atoms with Crippen LogP contribution < -0.4 is 0 Å². The number of likely N-dealkylation sites (tertiary alicyclic amines) is 1. The molecule has 1 heterocycles. The van der Waals surface area contributed by atoms with Gasteiger partial charge in [0.25, 0.3) is 0 Å². The number of ether oxygens (including phenoxy) is 1. The fourth-order valence-corrected chi connectivity index (χ4v) is 3.02. The van der Waals surface area contributed by atoms with Gasteiger partial charge in [-0.15, -0.1) is 0 Å². The third kappa shape index (κ3) is 3.67. The molecule has 1 aliphatic rings. The highest BCUT2D eigenvalue weighted by Gasteiger charge is 2.34. The zero-order valence-corrected chi connectivity index (χ0v) is 14.3. The Morgan fingerprint density at radius 3 is 2.80 bits per heavy atom. The molecule has 0 spiro atoms. The van der Waals surface area contributed by atoms with E-state index in [0.29, 0.717) is 11.6 Å². The zero-order chi connectivity index (χ0) is 14.9. The molecule has 0 aromatic heterocycles. The van der Waals surface area contributed by atoms with E-state index in [2.05, 4.69) is 15.9 Å². The maximum absolute atomic E-state index is 12.3. The highest BCUT2D eigenvalue weighted by molar-refractivity contribution is 9.10. The van der Waals surface area contributed by atoms with E-state index in [-0.39, 0.29) is 12.1 Å². The second-order valence-corrected chi connectivity index (χ2v) is 7.32. The summed E-state index contributed by atoms with van der Waals surface area (Å²) in [7, 11) is 0. The maximum Gasteiger partial charge on any atom is 0.410 e. The number of benzene rings is 1. The molecule has 110 valence electrons. The molecule has 1 saturated heterocycles. The van der Waals surface area contributed by atoms with E-state index < -0.39 is 5.60 Å². The smallest absolute Gasteiger partial charge is 0.410 e. The fourth-order valence-electron chi connectivity index (χ4n) is 2.40. The molecule has 0 saturated carbocycles. The summed E-state index contributed by atoms with van der Waals surface area (Å²) in [5, 5.41) is 0.689. The lowest BCUT2D eigenvalue weighted by Gasteiger charge is -2.29. The molecule has 0 bridgehead atoms. The summed E-state index contributed by atoms with van der Waals surface area (Å²) in [6.07, 6.45) is 1.61. The number of carbonyl (C=O) groups is 1. The molecule has 1 aromatic carbocycles. The molecule has 0 aliphatic carbocycles. The number of hydrogen-bond donors (Lipinski definition) is 0. The van der Waals surface area contributed by atoms with Crippen molar-refractivity contribution >= 4 is 33.6 Å². The number of carbonyl (C=O) groups excluding carboxylic acids is 1. The normalized spacial score (nSPS) is 19.2. The molecular formula is C15H19BrClNO2. The summed E-state index contributed by atoms with van der Waals surface area (Å²) in [6, 6.07) is 5.73. The standard InChI is InChI=1S/C15H19BrClNO2/c1-15(2,3)20-14(19)18-8-4-5-13(18)11-9-10(16)6-7-12(11)17/h6-7,9,13H,4-5,8H2,1-3H3. The molecule has 1 amide bonds. The topological polar surface area (TPSA) is 29.5 Å². The van der Waals surface area contributed by atoms with Gasteiger partial charge in [0.1, 0.15) is 5.60 Å². The second kappa shape index (κ2) is 5.94. The highest BCUT2D eigenvalue weighted by Crippen LogP contribution is 2.37. The first-order valence-electron chi connectivity index (χ1n) is 6.72. The molecule has 5 heteroatoms. The van der Waals surface area contributed by atoms with Gasteiger partial charge >= 0.3 is 6.09 Å². The lowest BCUT2D eigenvalue weighted by atomic mass is 10.0. The van der Waals surface area contributed by atoms with Crippen LogP contribution in [0.3, 0.4) is 0 Å². The van der Waals surface area contributed by atoms with E-state index in [1.54, 1.807) is 4.90 Å². The minimum absolute atomic E-state index is 0.00477. The average molecular weight is 361 g/mol. The predicted molar refractivity (Wildman–Crippen MR) is 84.1 cm³/mol. The van der Waals surface area contributed by atoms with Gasteiger partial charge in [-0.3, -0.25) is 0 Å². The van der Waals surface area contributed by atoms with Crippen molar-refractivity contribution < 1.29 is 9.53 Å². The van der Waals surface area contributed by atoms with Crippen molar-refractivity contribution in [3.63, 3.8) is 0 Å². The van der Waals surface area contributed by atoms with Gasteiger partial charge in [0.05, 0.1) is 6.04 Å². The van der Waals surface area contributed by atoms with Crippen molar-refractivity contribution in [3.8, 4) is 0 Å². The Morgan fingerprint density at radius 1 is 1.45 bits per heavy atom. The van der Waals surface area contributed by atoms with Gasteiger partial charge in [0, 0.05) is 16.0 Å². The van der Waals surface area contributed by atoms with Crippen molar-refractivity contribution in [1.29, 1.82) is 0 Å². The van der Waals surface area contributed by atoms with Crippen LogP contribution in [0.15, 0.2) is 22.7 Å². The van der Waals surface area contributed by atoms with Crippen molar-refractivity contribution in [1.82, 2.24) is 4.90 Å². The van der Waals surface area contributed by atoms with Crippen molar-refractivity contribution in [2.24, 2.45) is 0 Å². The third-order valence-corrected chi connectivity index (χ3v) is 4.04. The molecule has 1 fully saturated rings. The first-order valence-corrected chi connectivity index (χ1v) is 7.89. The van der Waals surface area contributed by atoms with E-state index in [9.17, 15) is 4.79 Å². The first-order chi connectivity index (χ1) is 9.28. The third-order valence-electron chi connectivity index (χ3n) is 3.20. The Labute approximate surface area is 133 Å². The maximum atomic E-state index is 12.3. The number of hydrogen-bond acceptors (Lipinski definition) is 2. The Bertz CT molecular complexity index is 513. The fraction of sp³-hybridized carbons (Fsp3) is 0.533. The van der Waals surface area contributed by atoms with E-state index in [0.717, 1.165) is 22.9 Å². The summed E-state index contributed by atoms with van der Waals surface area (Å²) in [6.45, 7) is 6.34. The van der Waals surface area contributed by atoms with E-state index >= 15 is 0 Å². The molecule has 0 N–H and O–H groups in total. The van der Waals surface area contributed by atoms with Crippen LogP contribution in [-0.4, -0.2) is 23.1 Å². The van der Waals surface area contributed by atoms with Crippen molar-refractivity contribution in [3.05, 3.63) is 33.3 Å². The van der Waals surface area contributed by atoms with Crippen molar-refractivity contribution in [2.75, 3.05) is 6.54 Å². The van der Waals surface area contributed by atoms with Gasteiger partial charge < -0.3 is 9.64 Å². The molecular weight excluding hydrogens is 342 g/mol. The molecule has 3 nitrogen and oxygen atoms in total. The Hall–Kier alpha value is -0.740. The predicted octanol–water partition coefficient (Wildman–Crippen LogP) is 5.17. The van der Waals surface area contributed by atoms with Gasteiger partial charge in [-0.2, -0.15) is 0 Å². The second-order valence-electron chi connectivity index (χ2n) is 6.00. The van der Waals surface area contributed by atoms with Crippen molar-refractivity contribution in [2.45, 2.75) is 45.3 Å². The van der Waals surface area contributed by atoms with Crippen LogP contribution in [0.4, 0.5) is 4.79 Å². The summed E-state index contributed by atoms with van der Waals surface area (Å²) in [4.78, 5) is 14.1. The lowest BCUT2D eigenvalue weighted by Crippen LogP contribution is -2.36. The first kappa shape index (κ1) is 15.6. The zero-order valence-electron chi connectivity index (χ0n) is 12.0. The number of amides is 1. The van der Waals surface area contributed by atoms with Crippen LogP contribution in [0.25, 0.3) is 0 Å². The SMILES string of the molecule is CC(C)(C)OC(=O)N1CCCC1c1cc(Br)ccc1Cl. The molecule has 20 heavy (non-hydrogen) atoms. The number of nitrogens with zero attached hydrogens (tertiary/aromatic N) is 1. The van der Waals surface area contributed by atoms with E-state index in [1.807, 2.05) is 39.0 Å². The van der Waals surface area contributed by atoms with E-state index in [4.69, 9.17) is 16.3 Å². The average Bonchev–Trinajstić information content (AvgIpc) is 2.79. The minimum atomic E-state index is -0.481. The van der Waals surface area contributed by atoms with E-state index in [1.165, 1.54) is 0 Å². The Morgan fingerprint density at radius 2 is 2.15 bits per heavy atom. The van der Waals surface area contributed by atoms with Crippen LogP contribution in [0.5, 0.6) is 0 Å². The van der Waals surface area contributed by atoms with Crippen LogP contribution in [0.1, 0.15) is 45.2 Å². The van der Waals surface area contributed by atoms with Crippen LogP contribution in [0.2, 0.25) is 5.02 Å². The largest absolute Gasteiger partial charge is 0.444 e. The monoisotopic (exact) mass is 359 g/mol.